The third kappa shape index (κ3) is 2.80. The maximum Gasteiger partial charge on any atom is 0.254 e. The highest BCUT2D eigenvalue weighted by atomic mass is 32.2. The Labute approximate surface area is 134 Å². The Morgan fingerprint density at radius 3 is 2.77 bits per heavy atom. The molecule has 0 unspecified atom stereocenters. The number of nitrogens with zero attached hydrogens (tertiary/aromatic N) is 1. The second-order valence-corrected chi connectivity index (χ2v) is 8.61. The lowest BCUT2D eigenvalue weighted by atomic mass is 10.0. The number of thiophene rings is 1. The molecule has 116 valence electrons. The summed E-state index contributed by atoms with van der Waals surface area (Å²) >= 11 is 1.73. The van der Waals surface area contributed by atoms with Gasteiger partial charge in [-0.15, -0.1) is 11.3 Å². The van der Waals surface area contributed by atoms with Crippen LogP contribution in [0, 0.1) is 6.92 Å². The fourth-order valence-corrected chi connectivity index (χ4v) is 4.19. The summed E-state index contributed by atoms with van der Waals surface area (Å²) in [5.41, 5.74) is 2.47. The van der Waals surface area contributed by atoms with Crippen LogP contribution < -0.4 is 0 Å². The molecular weight excluding hydrogens is 318 g/mol. The van der Waals surface area contributed by atoms with Gasteiger partial charge in [0, 0.05) is 29.8 Å². The number of sulfone groups is 1. The predicted molar refractivity (Wildman–Crippen MR) is 87.1 cm³/mol. The Kier molecular flexibility index (Phi) is 3.82. The summed E-state index contributed by atoms with van der Waals surface area (Å²) in [4.78, 5) is 16.1. The van der Waals surface area contributed by atoms with Gasteiger partial charge >= 0.3 is 0 Å². The van der Waals surface area contributed by atoms with Crippen LogP contribution >= 0.6 is 11.3 Å². The molecule has 0 atom stereocenters. The van der Waals surface area contributed by atoms with Crippen molar-refractivity contribution in [1.82, 2.24) is 4.90 Å². The van der Waals surface area contributed by atoms with E-state index in [2.05, 4.69) is 6.07 Å². The van der Waals surface area contributed by atoms with Crippen LogP contribution in [0.25, 0.3) is 0 Å². The molecule has 22 heavy (non-hydrogen) atoms. The normalized spacial score (nSPS) is 14.7. The number of carbonyl (C=O) groups is 1. The zero-order valence-corrected chi connectivity index (χ0v) is 14.1. The fraction of sp³-hybridized carbons (Fsp3) is 0.312. The molecule has 0 fully saturated rings. The summed E-state index contributed by atoms with van der Waals surface area (Å²) in [6.45, 7) is 3.11. The molecule has 1 aliphatic heterocycles. The number of aryl methyl sites for hydroxylation is 1. The molecule has 2 aromatic rings. The smallest absolute Gasteiger partial charge is 0.254 e. The van der Waals surface area contributed by atoms with Crippen molar-refractivity contribution in [3.05, 3.63) is 51.2 Å². The van der Waals surface area contributed by atoms with Crippen molar-refractivity contribution in [2.75, 3.05) is 12.8 Å². The summed E-state index contributed by atoms with van der Waals surface area (Å²) < 4.78 is 23.4. The number of benzene rings is 1. The van der Waals surface area contributed by atoms with Gasteiger partial charge in [0.05, 0.1) is 4.90 Å². The number of rotatable bonds is 2. The molecule has 0 aliphatic carbocycles. The van der Waals surface area contributed by atoms with Crippen molar-refractivity contribution in [2.45, 2.75) is 24.8 Å². The minimum Gasteiger partial charge on any atom is -0.334 e. The van der Waals surface area contributed by atoms with Crippen molar-refractivity contribution in [1.29, 1.82) is 0 Å². The molecule has 2 heterocycles. The largest absolute Gasteiger partial charge is 0.334 e. The summed E-state index contributed by atoms with van der Waals surface area (Å²) in [5.74, 6) is -0.0974. The van der Waals surface area contributed by atoms with Gasteiger partial charge in [-0.25, -0.2) is 8.42 Å². The molecule has 1 aliphatic rings. The highest BCUT2D eigenvalue weighted by molar-refractivity contribution is 7.90. The molecule has 6 heteroatoms. The van der Waals surface area contributed by atoms with Crippen LogP contribution in [0.15, 0.2) is 34.5 Å². The van der Waals surface area contributed by atoms with Crippen molar-refractivity contribution in [3.63, 3.8) is 0 Å². The Morgan fingerprint density at radius 1 is 1.27 bits per heavy atom. The van der Waals surface area contributed by atoms with Crippen molar-refractivity contribution >= 4 is 27.1 Å². The first-order chi connectivity index (χ1) is 10.4. The first-order valence-corrected chi connectivity index (χ1v) is 9.78. The Hall–Kier alpha value is -1.66. The summed E-state index contributed by atoms with van der Waals surface area (Å²) in [6, 6.07) is 6.80. The van der Waals surface area contributed by atoms with Gasteiger partial charge in [0.1, 0.15) is 0 Å². The molecule has 0 saturated carbocycles. The molecule has 1 amide bonds. The van der Waals surface area contributed by atoms with Crippen molar-refractivity contribution < 1.29 is 13.2 Å². The van der Waals surface area contributed by atoms with E-state index < -0.39 is 9.84 Å². The maximum atomic E-state index is 12.8. The maximum absolute atomic E-state index is 12.8. The van der Waals surface area contributed by atoms with Crippen molar-refractivity contribution in [2.24, 2.45) is 0 Å². The minimum atomic E-state index is -3.32. The number of carbonyl (C=O) groups excluding carboxylic acids is 1. The third-order valence-electron chi connectivity index (χ3n) is 3.96. The molecular formula is C16H17NO3S2. The van der Waals surface area contributed by atoms with Gasteiger partial charge in [0.25, 0.3) is 5.91 Å². The Morgan fingerprint density at radius 2 is 2.05 bits per heavy atom. The van der Waals surface area contributed by atoms with E-state index >= 15 is 0 Å². The van der Waals surface area contributed by atoms with E-state index in [0.717, 1.165) is 18.2 Å². The molecule has 1 aromatic heterocycles. The van der Waals surface area contributed by atoms with Gasteiger partial charge in [-0.05, 0) is 48.1 Å². The zero-order chi connectivity index (χ0) is 15.9. The van der Waals surface area contributed by atoms with Crippen molar-refractivity contribution in [3.8, 4) is 0 Å². The molecule has 0 N–H and O–H groups in total. The second kappa shape index (κ2) is 5.52. The lowest BCUT2D eigenvalue weighted by molar-refractivity contribution is 0.0735. The topological polar surface area (TPSA) is 54.5 Å². The first-order valence-electron chi connectivity index (χ1n) is 7.01. The van der Waals surface area contributed by atoms with E-state index in [9.17, 15) is 13.2 Å². The number of amides is 1. The quantitative estimate of drug-likeness (QED) is 0.848. The molecule has 0 spiro atoms. The van der Waals surface area contributed by atoms with Gasteiger partial charge in [0.15, 0.2) is 9.84 Å². The van der Waals surface area contributed by atoms with Crippen LogP contribution in [0.3, 0.4) is 0 Å². The van der Waals surface area contributed by atoms with Crippen LogP contribution in [0.5, 0.6) is 0 Å². The molecule has 0 saturated heterocycles. The van der Waals surface area contributed by atoms with Crippen LogP contribution in [-0.4, -0.2) is 32.0 Å². The van der Waals surface area contributed by atoms with Crippen LogP contribution in [0.1, 0.15) is 26.4 Å². The Balaban J connectivity index is 1.93. The Bertz CT molecular complexity index is 837. The highest BCUT2D eigenvalue weighted by Crippen LogP contribution is 2.26. The van der Waals surface area contributed by atoms with Crippen LogP contribution in [0.4, 0.5) is 0 Å². The molecule has 0 radical (unpaired) electrons. The van der Waals surface area contributed by atoms with Gasteiger partial charge < -0.3 is 4.90 Å². The number of fused-ring (bicyclic) bond motifs is 1. The van der Waals surface area contributed by atoms with E-state index in [-0.39, 0.29) is 10.8 Å². The van der Waals surface area contributed by atoms with Crippen LogP contribution in [-0.2, 0) is 22.8 Å². The van der Waals surface area contributed by atoms with E-state index in [4.69, 9.17) is 0 Å². The zero-order valence-electron chi connectivity index (χ0n) is 12.5. The van der Waals surface area contributed by atoms with Gasteiger partial charge in [-0.1, -0.05) is 6.07 Å². The molecule has 1 aromatic carbocycles. The lowest BCUT2D eigenvalue weighted by Gasteiger charge is -2.27. The monoisotopic (exact) mass is 335 g/mol. The van der Waals surface area contributed by atoms with E-state index in [0.29, 0.717) is 18.7 Å². The van der Waals surface area contributed by atoms with Gasteiger partial charge in [-0.2, -0.15) is 0 Å². The average molecular weight is 335 g/mol. The highest BCUT2D eigenvalue weighted by Gasteiger charge is 2.24. The lowest BCUT2D eigenvalue weighted by Crippen LogP contribution is -2.35. The van der Waals surface area contributed by atoms with Gasteiger partial charge in [-0.3, -0.25) is 4.79 Å². The average Bonchev–Trinajstić information content (AvgIpc) is 2.93. The number of hydrogen-bond acceptors (Lipinski definition) is 4. The fourth-order valence-electron chi connectivity index (χ4n) is 2.65. The summed E-state index contributed by atoms with van der Waals surface area (Å²) in [5, 5.41) is 2.05. The van der Waals surface area contributed by atoms with E-state index in [1.807, 2.05) is 12.3 Å². The van der Waals surface area contributed by atoms with E-state index in [1.165, 1.54) is 16.5 Å². The summed E-state index contributed by atoms with van der Waals surface area (Å²) in [7, 11) is -3.32. The first kappa shape index (κ1) is 15.2. The minimum absolute atomic E-state index is 0.0974. The molecule has 3 rings (SSSR count). The predicted octanol–water partition coefficient (Wildman–Crippen LogP) is 2.66. The second-order valence-electron chi connectivity index (χ2n) is 5.59. The van der Waals surface area contributed by atoms with E-state index in [1.54, 1.807) is 28.4 Å². The van der Waals surface area contributed by atoms with Gasteiger partial charge in [0.2, 0.25) is 0 Å². The van der Waals surface area contributed by atoms with Crippen LogP contribution in [0.2, 0.25) is 0 Å². The number of hydrogen-bond donors (Lipinski definition) is 0. The molecule has 4 nitrogen and oxygen atoms in total. The molecule has 0 bridgehead atoms. The standard InChI is InChI=1S/C16H17NO3S2/c1-11-3-4-13(22(2,19)20)9-14(11)16(18)17-7-5-15-12(10-17)6-8-21-15/h3-4,6,8-9H,5,7,10H2,1-2H3. The summed E-state index contributed by atoms with van der Waals surface area (Å²) in [6.07, 6.45) is 2.02. The SMILES string of the molecule is Cc1ccc(S(C)(=O)=O)cc1C(=O)N1CCc2sccc2C1. The third-order valence-corrected chi connectivity index (χ3v) is 6.10.